The first kappa shape index (κ1) is 12.8. The molecular weight excluding hydrogens is 188 g/mol. The van der Waals surface area contributed by atoms with Crippen LogP contribution >= 0.6 is 0 Å². The predicted molar refractivity (Wildman–Crippen MR) is 49.7 cm³/mol. The number of aliphatic hydroxyl groups excluding tert-OH is 3. The smallest absolute Gasteiger partial charge is 0.245 e. The van der Waals surface area contributed by atoms with Crippen LogP contribution in [0.25, 0.3) is 0 Å². The van der Waals surface area contributed by atoms with Gasteiger partial charge in [-0.1, -0.05) is 13.2 Å². The summed E-state index contributed by atoms with van der Waals surface area (Å²) in [6.07, 6.45) is -2.13. The molecule has 0 bridgehead atoms. The number of hydrogen-bond donors (Lipinski definition) is 5. The molecule has 14 heavy (non-hydrogen) atoms. The number of carbonyl (C=O) groups is 1. The zero-order chi connectivity index (χ0) is 11.1. The Hall–Kier alpha value is -1.21. The van der Waals surface area contributed by atoms with Gasteiger partial charge in [-0.2, -0.15) is 0 Å². The Balaban J connectivity index is 3.98. The molecule has 0 fully saturated rings. The molecule has 0 saturated heterocycles. The maximum Gasteiger partial charge on any atom is 0.245 e. The van der Waals surface area contributed by atoms with E-state index in [4.69, 9.17) is 15.3 Å². The number of rotatable bonds is 6. The third-order valence-electron chi connectivity index (χ3n) is 1.34. The van der Waals surface area contributed by atoms with Gasteiger partial charge in [-0.3, -0.25) is 10.1 Å². The summed E-state index contributed by atoms with van der Waals surface area (Å²) < 4.78 is 0. The van der Waals surface area contributed by atoms with E-state index in [-0.39, 0.29) is 0 Å². The van der Waals surface area contributed by atoms with Gasteiger partial charge in [0.05, 0.1) is 0 Å². The summed E-state index contributed by atoms with van der Waals surface area (Å²) in [6, 6.07) is 0. The van der Waals surface area contributed by atoms with E-state index in [2.05, 4.69) is 18.5 Å². The van der Waals surface area contributed by atoms with Gasteiger partial charge in [0.1, 0.15) is 6.23 Å². The predicted octanol–water partition coefficient (Wildman–Crippen LogP) is -1.98. The second-order valence-electron chi connectivity index (χ2n) is 2.45. The van der Waals surface area contributed by atoms with Crippen LogP contribution in [0.3, 0.4) is 0 Å². The first-order chi connectivity index (χ1) is 6.51. The van der Waals surface area contributed by atoms with Crippen LogP contribution in [0.15, 0.2) is 25.3 Å². The second-order valence-corrected chi connectivity index (χ2v) is 2.45. The molecule has 0 aliphatic rings. The molecule has 1 amide bonds. The molecular formula is C8H14N2O4. The highest BCUT2D eigenvalue weighted by Gasteiger charge is 2.18. The topological polar surface area (TPSA) is 102 Å². The quantitative estimate of drug-likeness (QED) is 0.195. The molecule has 0 aliphatic carbocycles. The van der Waals surface area contributed by atoms with E-state index >= 15 is 0 Å². The van der Waals surface area contributed by atoms with E-state index in [0.29, 0.717) is 0 Å². The number of amides is 1. The fraction of sp³-hybridized carbons (Fsp3) is 0.375. The van der Waals surface area contributed by atoms with Crippen LogP contribution in [0.1, 0.15) is 0 Å². The second kappa shape index (κ2) is 6.28. The summed E-state index contributed by atoms with van der Waals surface area (Å²) in [6.45, 7) is 6.40. The van der Waals surface area contributed by atoms with Crippen LogP contribution in [0.2, 0.25) is 0 Å². The average Bonchev–Trinajstić information content (AvgIpc) is 2.17. The summed E-state index contributed by atoms with van der Waals surface area (Å²) in [5, 5.41) is 31.4. The maximum absolute atomic E-state index is 10.7. The van der Waals surface area contributed by atoms with Crippen LogP contribution in [0, 0.1) is 0 Å². The van der Waals surface area contributed by atoms with E-state index in [1.807, 2.05) is 5.32 Å². The highest BCUT2D eigenvalue weighted by atomic mass is 16.4. The monoisotopic (exact) mass is 202 g/mol. The fourth-order valence-electron chi connectivity index (χ4n) is 0.618. The lowest BCUT2D eigenvalue weighted by molar-refractivity contribution is -0.123. The van der Waals surface area contributed by atoms with Gasteiger partial charge in [0.15, 0.2) is 12.5 Å². The first-order valence-electron chi connectivity index (χ1n) is 3.87. The molecule has 0 rings (SSSR count). The van der Waals surface area contributed by atoms with Gasteiger partial charge in [-0.05, 0) is 12.2 Å². The van der Waals surface area contributed by atoms with Crippen LogP contribution in [0.5, 0.6) is 0 Å². The largest absolute Gasteiger partial charge is 0.375 e. The van der Waals surface area contributed by atoms with Crippen LogP contribution in [0.4, 0.5) is 0 Å². The van der Waals surface area contributed by atoms with Gasteiger partial charge < -0.3 is 20.6 Å². The number of carbonyl (C=O) groups excluding carboxylic acids is 1. The van der Waals surface area contributed by atoms with E-state index in [1.54, 1.807) is 0 Å². The molecule has 0 radical (unpaired) electrons. The highest BCUT2D eigenvalue weighted by molar-refractivity contribution is 5.86. The lowest BCUT2D eigenvalue weighted by Gasteiger charge is -2.21. The fourth-order valence-corrected chi connectivity index (χ4v) is 0.618. The first-order valence-corrected chi connectivity index (χ1v) is 3.87. The standard InChI is InChI=1S/C8H14N2O4/c1-3-5(11)9-7(13)8(14)10-6(12)4-2/h3-5,7-9,11,13-14H,1-2H2,(H,10,12). The molecule has 80 valence electrons. The summed E-state index contributed by atoms with van der Waals surface area (Å²) in [5.41, 5.74) is 0. The molecule has 5 N–H and O–H groups in total. The van der Waals surface area contributed by atoms with E-state index in [1.165, 1.54) is 0 Å². The number of hydrogen-bond acceptors (Lipinski definition) is 5. The number of aliphatic hydroxyl groups is 3. The minimum Gasteiger partial charge on any atom is -0.375 e. The van der Waals surface area contributed by atoms with Crippen LogP contribution in [-0.4, -0.2) is 39.9 Å². The molecule has 0 spiro atoms. The Kier molecular flexibility index (Phi) is 5.73. The van der Waals surface area contributed by atoms with Crippen molar-refractivity contribution in [2.45, 2.75) is 18.7 Å². The van der Waals surface area contributed by atoms with Crippen molar-refractivity contribution in [1.82, 2.24) is 10.6 Å². The maximum atomic E-state index is 10.7. The summed E-state index contributed by atoms with van der Waals surface area (Å²) in [4.78, 5) is 10.7. The van der Waals surface area contributed by atoms with Crippen LogP contribution < -0.4 is 10.6 Å². The third kappa shape index (κ3) is 4.73. The Bertz CT molecular complexity index is 219. The van der Waals surface area contributed by atoms with Crippen LogP contribution in [-0.2, 0) is 4.79 Å². The van der Waals surface area contributed by atoms with Gasteiger partial charge in [-0.15, -0.1) is 0 Å². The van der Waals surface area contributed by atoms with Gasteiger partial charge in [0.25, 0.3) is 0 Å². The summed E-state index contributed by atoms with van der Waals surface area (Å²) >= 11 is 0. The molecule has 0 saturated carbocycles. The van der Waals surface area contributed by atoms with E-state index in [0.717, 1.165) is 12.2 Å². The Morgan fingerprint density at radius 2 is 1.79 bits per heavy atom. The Morgan fingerprint density at radius 3 is 2.21 bits per heavy atom. The molecule has 3 atom stereocenters. The van der Waals surface area contributed by atoms with Crippen molar-refractivity contribution >= 4 is 5.91 Å². The Morgan fingerprint density at radius 1 is 1.21 bits per heavy atom. The highest BCUT2D eigenvalue weighted by Crippen LogP contribution is 1.88. The normalized spacial score (nSPS) is 16.5. The van der Waals surface area contributed by atoms with Gasteiger partial charge >= 0.3 is 0 Å². The molecule has 0 aromatic heterocycles. The van der Waals surface area contributed by atoms with Crippen molar-refractivity contribution in [2.75, 3.05) is 0 Å². The zero-order valence-electron chi connectivity index (χ0n) is 7.55. The average molecular weight is 202 g/mol. The lowest BCUT2D eigenvalue weighted by Crippen LogP contribution is -2.52. The van der Waals surface area contributed by atoms with E-state index < -0.39 is 24.6 Å². The lowest BCUT2D eigenvalue weighted by atomic mass is 10.4. The van der Waals surface area contributed by atoms with E-state index in [9.17, 15) is 4.79 Å². The van der Waals surface area contributed by atoms with Gasteiger partial charge in [-0.25, -0.2) is 0 Å². The molecule has 6 heteroatoms. The summed E-state index contributed by atoms with van der Waals surface area (Å²) in [7, 11) is 0. The van der Waals surface area contributed by atoms with Gasteiger partial charge in [0, 0.05) is 0 Å². The van der Waals surface area contributed by atoms with Crippen molar-refractivity contribution in [3.05, 3.63) is 25.3 Å². The minimum atomic E-state index is -1.53. The molecule has 3 unspecified atom stereocenters. The van der Waals surface area contributed by atoms with Crippen molar-refractivity contribution in [1.29, 1.82) is 0 Å². The molecule has 0 aromatic rings. The van der Waals surface area contributed by atoms with Crippen molar-refractivity contribution in [3.63, 3.8) is 0 Å². The summed E-state index contributed by atoms with van der Waals surface area (Å²) in [5.74, 6) is -0.633. The molecule has 0 aliphatic heterocycles. The molecule has 6 nitrogen and oxygen atoms in total. The third-order valence-corrected chi connectivity index (χ3v) is 1.34. The Labute approximate surface area is 81.6 Å². The molecule has 0 heterocycles. The molecule has 0 aromatic carbocycles. The minimum absolute atomic E-state index is 0.633. The van der Waals surface area contributed by atoms with Crippen molar-refractivity contribution < 1.29 is 20.1 Å². The van der Waals surface area contributed by atoms with Crippen molar-refractivity contribution in [3.8, 4) is 0 Å². The van der Waals surface area contributed by atoms with Crippen molar-refractivity contribution in [2.24, 2.45) is 0 Å². The SMILES string of the molecule is C=CC(=O)NC(O)C(O)NC(O)C=C. The van der Waals surface area contributed by atoms with Gasteiger partial charge in [0.2, 0.25) is 5.91 Å². The zero-order valence-corrected chi connectivity index (χ0v) is 7.55. The number of nitrogens with one attached hydrogen (secondary N) is 2.